The third-order valence-corrected chi connectivity index (χ3v) is 3.70. The van der Waals surface area contributed by atoms with E-state index in [-0.39, 0.29) is 0 Å². The lowest BCUT2D eigenvalue weighted by Crippen LogP contribution is -2.23. The van der Waals surface area contributed by atoms with E-state index in [1.54, 1.807) is 0 Å². The Morgan fingerprint density at radius 3 is 2.60 bits per heavy atom. The van der Waals surface area contributed by atoms with Gasteiger partial charge in [0, 0.05) is 19.3 Å². The Morgan fingerprint density at radius 2 is 1.95 bits per heavy atom. The van der Waals surface area contributed by atoms with E-state index in [0.29, 0.717) is 11.6 Å². The van der Waals surface area contributed by atoms with Gasteiger partial charge in [-0.3, -0.25) is 0 Å². The molecule has 0 radical (unpaired) electrons. The molecule has 0 atom stereocenters. The van der Waals surface area contributed by atoms with E-state index in [1.807, 2.05) is 19.2 Å². The number of nitrogens with one attached hydrogen (secondary N) is 1. The molecule has 2 aromatic rings. The van der Waals surface area contributed by atoms with Crippen molar-refractivity contribution >= 4 is 23.1 Å². The molecular weight excluding hydrogens is 270 g/mol. The fraction of sp³-hybridized carbons (Fsp3) is 0.312. The minimum absolute atomic E-state index is 0.704. The second-order valence-electron chi connectivity index (χ2n) is 4.68. The van der Waals surface area contributed by atoms with Crippen LogP contribution in [0.25, 0.3) is 0 Å². The highest BCUT2D eigenvalue weighted by Gasteiger charge is 2.11. The van der Waals surface area contributed by atoms with E-state index in [4.69, 9.17) is 11.6 Å². The summed E-state index contributed by atoms with van der Waals surface area (Å²) in [6, 6.07) is 12.1. The predicted molar refractivity (Wildman–Crippen MR) is 86.7 cm³/mol. The molecule has 1 heterocycles. The van der Waals surface area contributed by atoms with Crippen molar-refractivity contribution in [3.05, 3.63) is 52.7 Å². The normalized spacial score (nSPS) is 10.4. The Balaban J connectivity index is 2.29. The highest BCUT2D eigenvalue weighted by molar-refractivity contribution is 6.31. The fourth-order valence-electron chi connectivity index (χ4n) is 2.20. The molecule has 1 N–H and O–H groups in total. The van der Waals surface area contributed by atoms with Crippen molar-refractivity contribution in [2.75, 3.05) is 23.8 Å². The maximum Gasteiger partial charge on any atom is 0.126 e. The van der Waals surface area contributed by atoms with Crippen LogP contribution in [0.4, 0.5) is 11.5 Å². The molecule has 0 bridgehead atoms. The van der Waals surface area contributed by atoms with Gasteiger partial charge in [-0.15, -0.1) is 0 Å². The van der Waals surface area contributed by atoms with Crippen molar-refractivity contribution in [2.24, 2.45) is 0 Å². The molecule has 1 aromatic heterocycles. The molecule has 0 amide bonds. The van der Waals surface area contributed by atoms with E-state index in [9.17, 15) is 0 Å². The number of halogens is 1. The lowest BCUT2D eigenvalue weighted by atomic mass is 10.1. The molecule has 106 valence electrons. The van der Waals surface area contributed by atoms with Crippen LogP contribution in [0.2, 0.25) is 5.02 Å². The average molecular weight is 290 g/mol. The van der Waals surface area contributed by atoms with Gasteiger partial charge in [-0.1, -0.05) is 29.8 Å². The molecule has 2 rings (SSSR count). The van der Waals surface area contributed by atoms with Gasteiger partial charge >= 0.3 is 0 Å². The van der Waals surface area contributed by atoms with Gasteiger partial charge in [-0.25, -0.2) is 4.98 Å². The Morgan fingerprint density at radius 1 is 1.20 bits per heavy atom. The maximum absolute atomic E-state index is 6.26. The van der Waals surface area contributed by atoms with Crippen LogP contribution in [0.5, 0.6) is 0 Å². The van der Waals surface area contributed by atoms with Crippen molar-refractivity contribution in [1.29, 1.82) is 0 Å². The van der Waals surface area contributed by atoms with Gasteiger partial charge in [-0.05, 0) is 37.6 Å². The molecule has 3 nitrogen and oxygen atoms in total. The number of anilines is 2. The largest absolute Gasteiger partial charge is 0.373 e. The Kier molecular flexibility index (Phi) is 4.85. The highest BCUT2D eigenvalue weighted by Crippen LogP contribution is 2.24. The summed E-state index contributed by atoms with van der Waals surface area (Å²) in [6.07, 6.45) is 0. The first kappa shape index (κ1) is 14.7. The molecule has 20 heavy (non-hydrogen) atoms. The second kappa shape index (κ2) is 6.62. The molecule has 0 aliphatic heterocycles. The summed E-state index contributed by atoms with van der Waals surface area (Å²) in [5.41, 5.74) is 3.38. The number of benzene rings is 1. The third kappa shape index (κ3) is 3.23. The Hall–Kier alpha value is -1.74. The number of hydrogen-bond donors (Lipinski definition) is 1. The number of rotatable bonds is 5. The molecule has 0 fully saturated rings. The van der Waals surface area contributed by atoms with Crippen LogP contribution >= 0.6 is 11.6 Å². The smallest absolute Gasteiger partial charge is 0.126 e. The van der Waals surface area contributed by atoms with Crippen LogP contribution in [-0.4, -0.2) is 18.6 Å². The molecule has 4 heteroatoms. The summed E-state index contributed by atoms with van der Waals surface area (Å²) < 4.78 is 0. The first-order valence-corrected chi connectivity index (χ1v) is 7.17. The number of para-hydroxylation sites is 1. The number of aromatic nitrogens is 1. The second-order valence-corrected chi connectivity index (χ2v) is 5.08. The summed E-state index contributed by atoms with van der Waals surface area (Å²) in [7, 11) is 1.86. The SMILES string of the molecule is CCN(Cc1nc(NC)ccc1Cl)c1ccccc1C. The lowest BCUT2D eigenvalue weighted by Gasteiger charge is -2.25. The number of hydrogen-bond acceptors (Lipinski definition) is 3. The average Bonchev–Trinajstić information content (AvgIpc) is 2.47. The summed E-state index contributed by atoms with van der Waals surface area (Å²) in [5, 5.41) is 3.75. The molecule has 0 unspecified atom stereocenters. The molecule has 1 aromatic carbocycles. The van der Waals surface area contributed by atoms with Gasteiger partial charge in [0.2, 0.25) is 0 Å². The van der Waals surface area contributed by atoms with Gasteiger partial charge in [0.05, 0.1) is 17.3 Å². The monoisotopic (exact) mass is 289 g/mol. The summed E-state index contributed by atoms with van der Waals surface area (Å²) in [4.78, 5) is 6.83. The first-order valence-electron chi connectivity index (χ1n) is 6.79. The van der Waals surface area contributed by atoms with E-state index in [2.05, 4.69) is 53.3 Å². The van der Waals surface area contributed by atoms with Crippen LogP contribution < -0.4 is 10.2 Å². The number of pyridine rings is 1. The van der Waals surface area contributed by atoms with Crippen molar-refractivity contribution in [1.82, 2.24) is 4.98 Å². The minimum Gasteiger partial charge on any atom is -0.373 e. The zero-order valence-corrected chi connectivity index (χ0v) is 12.9. The molecule has 0 aliphatic rings. The van der Waals surface area contributed by atoms with Gasteiger partial charge < -0.3 is 10.2 Å². The Labute approximate surface area is 125 Å². The summed E-state index contributed by atoms with van der Waals surface area (Å²) in [6.45, 7) is 5.88. The van der Waals surface area contributed by atoms with E-state index < -0.39 is 0 Å². The van der Waals surface area contributed by atoms with Crippen molar-refractivity contribution < 1.29 is 0 Å². The van der Waals surface area contributed by atoms with Gasteiger partial charge in [0.1, 0.15) is 5.82 Å². The van der Waals surface area contributed by atoms with Crippen LogP contribution in [0.1, 0.15) is 18.2 Å². The summed E-state index contributed by atoms with van der Waals surface area (Å²) >= 11 is 6.26. The van der Waals surface area contributed by atoms with E-state index >= 15 is 0 Å². The predicted octanol–water partition coefficient (Wildman–Crippen LogP) is 4.11. The molecular formula is C16H20ClN3. The van der Waals surface area contributed by atoms with Gasteiger partial charge in [-0.2, -0.15) is 0 Å². The molecule has 0 spiro atoms. The molecule has 0 saturated heterocycles. The zero-order chi connectivity index (χ0) is 14.5. The topological polar surface area (TPSA) is 28.2 Å². The number of aryl methyl sites for hydroxylation is 1. The van der Waals surface area contributed by atoms with Gasteiger partial charge in [0.15, 0.2) is 0 Å². The Bertz CT molecular complexity index is 584. The zero-order valence-electron chi connectivity index (χ0n) is 12.2. The van der Waals surface area contributed by atoms with Crippen LogP contribution in [0.15, 0.2) is 36.4 Å². The standard InChI is InChI=1S/C16H20ClN3/c1-4-20(15-8-6-5-7-12(15)2)11-14-13(17)9-10-16(18-3)19-14/h5-10H,4,11H2,1-3H3,(H,18,19). The lowest BCUT2D eigenvalue weighted by molar-refractivity contribution is 0.807. The third-order valence-electron chi connectivity index (χ3n) is 3.35. The van der Waals surface area contributed by atoms with Crippen molar-refractivity contribution in [2.45, 2.75) is 20.4 Å². The summed E-state index contributed by atoms with van der Waals surface area (Å²) in [5.74, 6) is 0.838. The number of nitrogens with zero attached hydrogens (tertiary/aromatic N) is 2. The molecule has 0 saturated carbocycles. The first-order chi connectivity index (χ1) is 9.65. The maximum atomic E-state index is 6.26. The van der Waals surface area contributed by atoms with Crippen LogP contribution in [-0.2, 0) is 6.54 Å². The van der Waals surface area contributed by atoms with E-state index in [1.165, 1.54) is 11.3 Å². The van der Waals surface area contributed by atoms with Crippen LogP contribution in [0.3, 0.4) is 0 Å². The van der Waals surface area contributed by atoms with E-state index in [0.717, 1.165) is 18.1 Å². The van der Waals surface area contributed by atoms with Crippen molar-refractivity contribution in [3.63, 3.8) is 0 Å². The van der Waals surface area contributed by atoms with Gasteiger partial charge in [0.25, 0.3) is 0 Å². The fourth-order valence-corrected chi connectivity index (χ4v) is 2.37. The van der Waals surface area contributed by atoms with Crippen LogP contribution in [0, 0.1) is 6.92 Å². The highest BCUT2D eigenvalue weighted by atomic mass is 35.5. The quantitative estimate of drug-likeness (QED) is 0.898. The molecule has 0 aliphatic carbocycles. The minimum atomic E-state index is 0.704. The van der Waals surface area contributed by atoms with Crippen molar-refractivity contribution in [3.8, 4) is 0 Å².